The van der Waals surface area contributed by atoms with Crippen molar-refractivity contribution in [2.24, 2.45) is 0 Å². The molecule has 5 heteroatoms. The van der Waals surface area contributed by atoms with Gasteiger partial charge in [0.05, 0.1) is 11.6 Å². The minimum atomic E-state index is -0.235. The van der Waals surface area contributed by atoms with Crippen molar-refractivity contribution in [3.63, 3.8) is 0 Å². The number of benzene rings is 1. The topological polar surface area (TPSA) is 46.1 Å². The fourth-order valence-electron chi connectivity index (χ4n) is 3.77. The lowest BCUT2D eigenvalue weighted by Gasteiger charge is -2.36. The van der Waals surface area contributed by atoms with Crippen LogP contribution in [-0.4, -0.2) is 27.3 Å². The van der Waals surface area contributed by atoms with E-state index >= 15 is 0 Å². The molecule has 1 unspecified atom stereocenters. The van der Waals surface area contributed by atoms with Gasteiger partial charge in [-0.05, 0) is 60.7 Å². The van der Waals surface area contributed by atoms with Crippen LogP contribution in [0.25, 0.3) is 0 Å². The van der Waals surface area contributed by atoms with Gasteiger partial charge in [-0.25, -0.2) is 4.39 Å². The molecule has 1 fully saturated rings. The number of carbonyl (C=O) groups excluding carboxylic acids is 1. The van der Waals surface area contributed by atoms with Crippen molar-refractivity contribution in [1.29, 1.82) is 0 Å². The number of nitrogens with zero attached hydrogens (tertiary/aromatic N) is 3. The highest BCUT2D eigenvalue weighted by Gasteiger charge is 2.29. The van der Waals surface area contributed by atoms with Crippen LogP contribution in [0.4, 0.5) is 4.39 Å². The van der Waals surface area contributed by atoms with Gasteiger partial charge in [0.25, 0.3) is 5.91 Å². The Kier molecular flexibility index (Phi) is 5.42. The second-order valence-electron chi connectivity index (χ2n) is 7.14. The molecule has 28 heavy (non-hydrogen) atoms. The Bertz CT molecular complexity index is 944. The highest BCUT2D eigenvalue weighted by molar-refractivity contribution is 5.94. The van der Waals surface area contributed by atoms with Gasteiger partial charge in [-0.2, -0.15) is 0 Å². The first-order chi connectivity index (χ1) is 13.7. The first-order valence-corrected chi connectivity index (χ1v) is 9.61. The Balaban J connectivity index is 1.52. The lowest BCUT2D eigenvalue weighted by Crippen LogP contribution is -2.38. The third kappa shape index (κ3) is 4.09. The Morgan fingerprint density at radius 2 is 2.04 bits per heavy atom. The van der Waals surface area contributed by atoms with Crippen LogP contribution in [0.15, 0.2) is 67.1 Å². The van der Waals surface area contributed by atoms with Gasteiger partial charge in [0.1, 0.15) is 5.82 Å². The largest absolute Gasteiger partial charge is 0.332 e. The first kappa shape index (κ1) is 18.3. The fraction of sp³-hybridized carbons (Fsp3) is 0.261. The van der Waals surface area contributed by atoms with Gasteiger partial charge >= 0.3 is 0 Å². The van der Waals surface area contributed by atoms with Gasteiger partial charge in [0.15, 0.2) is 0 Å². The zero-order chi connectivity index (χ0) is 19.3. The van der Waals surface area contributed by atoms with E-state index < -0.39 is 0 Å². The van der Waals surface area contributed by atoms with Crippen molar-refractivity contribution in [3.05, 3.63) is 95.3 Å². The minimum Gasteiger partial charge on any atom is -0.332 e. The molecule has 1 amide bonds. The standard InChI is InChI=1S/C23H22FN3O/c24-20-7-3-5-17(13-20)14-21-10-9-18(16-26-21)22-8-1-2-12-27(22)23(28)19-6-4-11-25-15-19/h3-7,9-11,13,15-16,22H,1-2,8,12,14H2. The summed E-state index contributed by atoms with van der Waals surface area (Å²) in [5.74, 6) is -0.220. The van der Waals surface area contributed by atoms with E-state index in [0.29, 0.717) is 12.0 Å². The van der Waals surface area contributed by atoms with Gasteiger partial charge in [-0.3, -0.25) is 14.8 Å². The summed E-state index contributed by atoms with van der Waals surface area (Å²) < 4.78 is 13.4. The molecule has 1 aromatic carbocycles. The molecule has 142 valence electrons. The first-order valence-electron chi connectivity index (χ1n) is 9.61. The van der Waals surface area contributed by atoms with Crippen LogP contribution in [0.3, 0.4) is 0 Å². The van der Waals surface area contributed by atoms with Crippen LogP contribution in [0.2, 0.25) is 0 Å². The van der Waals surface area contributed by atoms with Crippen molar-refractivity contribution in [3.8, 4) is 0 Å². The second-order valence-corrected chi connectivity index (χ2v) is 7.14. The third-order valence-corrected chi connectivity index (χ3v) is 5.18. The Morgan fingerprint density at radius 1 is 1.11 bits per heavy atom. The van der Waals surface area contributed by atoms with Crippen LogP contribution in [-0.2, 0) is 6.42 Å². The van der Waals surface area contributed by atoms with E-state index in [0.717, 1.165) is 42.6 Å². The maximum absolute atomic E-state index is 13.4. The van der Waals surface area contributed by atoms with Crippen LogP contribution >= 0.6 is 0 Å². The summed E-state index contributed by atoms with van der Waals surface area (Å²) in [6, 6.07) is 14.2. The molecule has 0 N–H and O–H groups in total. The van der Waals surface area contributed by atoms with E-state index in [1.807, 2.05) is 29.3 Å². The van der Waals surface area contributed by atoms with Crippen LogP contribution < -0.4 is 0 Å². The SMILES string of the molecule is O=C(c1cccnc1)N1CCCCC1c1ccc(Cc2cccc(F)c2)nc1. The predicted octanol–water partition coefficient (Wildman–Crippen LogP) is 4.57. The molecular weight excluding hydrogens is 353 g/mol. The summed E-state index contributed by atoms with van der Waals surface area (Å²) >= 11 is 0. The maximum Gasteiger partial charge on any atom is 0.255 e. The number of amides is 1. The van der Waals surface area contributed by atoms with Gasteiger partial charge < -0.3 is 4.90 Å². The van der Waals surface area contributed by atoms with Crippen molar-refractivity contribution in [1.82, 2.24) is 14.9 Å². The Labute approximate surface area is 164 Å². The molecule has 0 radical (unpaired) electrons. The molecular formula is C23H22FN3O. The van der Waals surface area contributed by atoms with Crippen LogP contribution in [0.1, 0.15) is 52.5 Å². The quantitative estimate of drug-likeness (QED) is 0.671. The number of rotatable bonds is 4. The number of carbonyl (C=O) groups is 1. The van der Waals surface area contributed by atoms with E-state index in [9.17, 15) is 9.18 Å². The predicted molar refractivity (Wildman–Crippen MR) is 105 cm³/mol. The molecule has 3 heterocycles. The average Bonchev–Trinajstić information content (AvgIpc) is 2.74. The number of halogens is 1. The fourth-order valence-corrected chi connectivity index (χ4v) is 3.77. The van der Waals surface area contributed by atoms with E-state index in [1.165, 1.54) is 12.1 Å². The summed E-state index contributed by atoms with van der Waals surface area (Å²) in [7, 11) is 0. The Morgan fingerprint density at radius 3 is 2.79 bits per heavy atom. The molecule has 1 aliphatic rings. The average molecular weight is 375 g/mol. The van der Waals surface area contributed by atoms with Gasteiger partial charge in [0, 0.05) is 37.3 Å². The van der Waals surface area contributed by atoms with E-state index in [2.05, 4.69) is 9.97 Å². The second kappa shape index (κ2) is 8.30. The van der Waals surface area contributed by atoms with Gasteiger partial charge in [-0.1, -0.05) is 18.2 Å². The zero-order valence-corrected chi connectivity index (χ0v) is 15.6. The third-order valence-electron chi connectivity index (χ3n) is 5.18. The Hall–Kier alpha value is -3.08. The minimum absolute atomic E-state index is 0.0154. The monoisotopic (exact) mass is 375 g/mol. The lowest BCUT2D eigenvalue weighted by molar-refractivity contribution is 0.0610. The van der Waals surface area contributed by atoms with Crippen LogP contribution in [0.5, 0.6) is 0 Å². The van der Waals surface area contributed by atoms with E-state index in [4.69, 9.17) is 0 Å². The maximum atomic E-state index is 13.4. The number of hydrogen-bond acceptors (Lipinski definition) is 3. The van der Waals surface area contributed by atoms with Crippen molar-refractivity contribution >= 4 is 5.91 Å². The van der Waals surface area contributed by atoms with Gasteiger partial charge in [-0.15, -0.1) is 0 Å². The van der Waals surface area contributed by atoms with Crippen molar-refractivity contribution in [2.45, 2.75) is 31.7 Å². The number of hydrogen-bond donors (Lipinski definition) is 0. The summed E-state index contributed by atoms with van der Waals surface area (Å²) in [4.78, 5) is 23.5. The molecule has 0 aliphatic carbocycles. The van der Waals surface area contributed by atoms with Crippen LogP contribution in [0, 0.1) is 5.82 Å². The number of aromatic nitrogens is 2. The molecule has 4 rings (SSSR count). The van der Waals surface area contributed by atoms with E-state index in [-0.39, 0.29) is 17.8 Å². The molecule has 1 atom stereocenters. The highest BCUT2D eigenvalue weighted by Crippen LogP contribution is 2.32. The van der Waals surface area contributed by atoms with Crippen molar-refractivity contribution in [2.75, 3.05) is 6.54 Å². The molecule has 3 aromatic rings. The highest BCUT2D eigenvalue weighted by atomic mass is 19.1. The summed E-state index contributed by atoms with van der Waals surface area (Å²) in [5.41, 5.74) is 3.44. The zero-order valence-electron chi connectivity index (χ0n) is 15.6. The molecule has 1 aliphatic heterocycles. The number of pyridine rings is 2. The van der Waals surface area contributed by atoms with E-state index in [1.54, 1.807) is 30.6 Å². The lowest BCUT2D eigenvalue weighted by atomic mass is 9.95. The molecule has 1 saturated heterocycles. The molecule has 0 bridgehead atoms. The van der Waals surface area contributed by atoms with Gasteiger partial charge in [0.2, 0.25) is 0 Å². The summed E-state index contributed by atoms with van der Waals surface area (Å²) in [5, 5.41) is 0. The smallest absolute Gasteiger partial charge is 0.255 e. The molecule has 0 saturated carbocycles. The summed E-state index contributed by atoms with van der Waals surface area (Å²) in [6.07, 6.45) is 8.76. The molecule has 0 spiro atoms. The summed E-state index contributed by atoms with van der Waals surface area (Å²) in [6.45, 7) is 0.740. The van der Waals surface area contributed by atoms with Crippen molar-refractivity contribution < 1.29 is 9.18 Å². The number of piperidine rings is 1. The molecule has 2 aromatic heterocycles. The normalized spacial score (nSPS) is 16.8. The molecule has 4 nitrogen and oxygen atoms in total. The number of likely N-dealkylation sites (tertiary alicyclic amines) is 1.